The minimum Gasteiger partial charge on any atom is -0.486 e. The quantitative estimate of drug-likeness (QED) is 0.516. The molecular formula is C20H15Cl3N2O4. The van der Waals surface area contributed by atoms with Crippen molar-refractivity contribution >= 4 is 52.3 Å². The lowest BCUT2D eigenvalue weighted by molar-refractivity contribution is -0.115. The van der Waals surface area contributed by atoms with Gasteiger partial charge in [0.25, 0.3) is 5.91 Å². The molecule has 0 aliphatic rings. The second kappa shape index (κ2) is 9.69. The molecule has 3 rings (SSSR count). The maximum absolute atomic E-state index is 12.1. The first-order valence-corrected chi connectivity index (χ1v) is 9.54. The van der Waals surface area contributed by atoms with Gasteiger partial charge < -0.3 is 19.8 Å². The molecule has 150 valence electrons. The SMILES string of the molecule is O=C(CNC(=O)c1ccc(COc2ccc(Cl)cc2)o1)Nc1ccc(Cl)c(Cl)c1. The monoisotopic (exact) mass is 452 g/mol. The van der Waals surface area contributed by atoms with Crippen LogP contribution >= 0.6 is 34.8 Å². The van der Waals surface area contributed by atoms with Crippen LogP contribution in [0.3, 0.4) is 0 Å². The molecule has 29 heavy (non-hydrogen) atoms. The second-order valence-corrected chi connectivity index (χ2v) is 7.12. The number of rotatable bonds is 7. The molecule has 0 spiro atoms. The third kappa shape index (κ3) is 6.15. The largest absolute Gasteiger partial charge is 0.486 e. The Morgan fingerprint density at radius 1 is 0.931 bits per heavy atom. The smallest absolute Gasteiger partial charge is 0.287 e. The van der Waals surface area contributed by atoms with E-state index in [4.69, 9.17) is 44.0 Å². The van der Waals surface area contributed by atoms with Crippen LogP contribution in [0, 0.1) is 0 Å². The molecule has 1 heterocycles. The third-order valence-electron chi connectivity index (χ3n) is 3.69. The van der Waals surface area contributed by atoms with Gasteiger partial charge in [0.05, 0.1) is 16.6 Å². The summed E-state index contributed by atoms with van der Waals surface area (Å²) in [6.07, 6.45) is 0. The predicted octanol–water partition coefficient (Wildman–Crippen LogP) is 5.19. The van der Waals surface area contributed by atoms with Gasteiger partial charge in [-0.15, -0.1) is 0 Å². The van der Waals surface area contributed by atoms with Gasteiger partial charge in [-0.1, -0.05) is 34.8 Å². The normalized spacial score (nSPS) is 10.4. The van der Waals surface area contributed by atoms with Gasteiger partial charge in [0.2, 0.25) is 5.91 Å². The standard InChI is InChI=1S/C20H15Cl3N2O4/c21-12-1-4-14(5-2-12)28-11-15-6-8-18(29-15)20(27)24-10-19(26)25-13-3-7-16(22)17(23)9-13/h1-9H,10-11H2,(H,24,27)(H,25,26). The van der Waals surface area contributed by atoms with Crippen LogP contribution in [0.25, 0.3) is 0 Å². The molecule has 9 heteroatoms. The minimum atomic E-state index is -0.521. The molecule has 0 radical (unpaired) electrons. The molecule has 3 aromatic rings. The zero-order chi connectivity index (χ0) is 20.8. The van der Waals surface area contributed by atoms with E-state index in [1.807, 2.05) is 0 Å². The molecule has 0 saturated carbocycles. The Bertz CT molecular complexity index is 1020. The highest BCUT2D eigenvalue weighted by Gasteiger charge is 2.13. The first-order valence-electron chi connectivity index (χ1n) is 8.41. The molecule has 2 amide bonds. The first-order chi connectivity index (χ1) is 13.9. The van der Waals surface area contributed by atoms with Gasteiger partial charge in [-0.2, -0.15) is 0 Å². The molecule has 6 nitrogen and oxygen atoms in total. The van der Waals surface area contributed by atoms with Crippen LogP contribution in [0.15, 0.2) is 59.0 Å². The Labute approximate surface area is 181 Å². The number of halogens is 3. The van der Waals surface area contributed by atoms with Crippen molar-refractivity contribution in [3.05, 3.63) is 81.2 Å². The molecular weight excluding hydrogens is 439 g/mol. The van der Waals surface area contributed by atoms with E-state index < -0.39 is 11.8 Å². The summed E-state index contributed by atoms with van der Waals surface area (Å²) < 4.78 is 11.0. The number of hydrogen-bond acceptors (Lipinski definition) is 4. The van der Waals surface area contributed by atoms with Crippen LogP contribution in [0.4, 0.5) is 5.69 Å². The van der Waals surface area contributed by atoms with E-state index in [-0.39, 0.29) is 18.9 Å². The highest BCUT2D eigenvalue weighted by atomic mass is 35.5. The van der Waals surface area contributed by atoms with Gasteiger partial charge in [0, 0.05) is 10.7 Å². The van der Waals surface area contributed by atoms with E-state index in [1.165, 1.54) is 12.1 Å². The van der Waals surface area contributed by atoms with Gasteiger partial charge in [-0.3, -0.25) is 9.59 Å². The van der Waals surface area contributed by atoms with Crippen molar-refractivity contribution in [3.63, 3.8) is 0 Å². The van der Waals surface area contributed by atoms with Crippen molar-refractivity contribution < 1.29 is 18.7 Å². The van der Waals surface area contributed by atoms with Gasteiger partial charge in [0.1, 0.15) is 18.1 Å². The molecule has 0 bridgehead atoms. The Kier molecular flexibility index (Phi) is 7.04. The first kappa shape index (κ1) is 21.0. The van der Waals surface area contributed by atoms with E-state index in [1.54, 1.807) is 42.5 Å². The number of nitrogens with one attached hydrogen (secondary N) is 2. The fraction of sp³-hybridized carbons (Fsp3) is 0.100. The second-order valence-electron chi connectivity index (χ2n) is 5.87. The van der Waals surface area contributed by atoms with Crippen LogP contribution in [0.2, 0.25) is 15.1 Å². The Hall–Kier alpha value is -2.67. The van der Waals surface area contributed by atoms with Crippen molar-refractivity contribution in [2.45, 2.75) is 6.61 Å². The molecule has 0 aliphatic carbocycles. The average molecular weight is 454 g/mol. The van der Waals surface area contributed by atoms with Crippen LogP contribution < -0.4 is 15.4 Å². The van der Waals surface area contributed by atoms with Crippen LogP contribution in [-0.4, -0.2) is 18.4 Å². The van der Waals surface area contributed by atoms with E-state index in [0.29, 0.717) is 32.3 Å². The van der Waals surface area contributed by atoms with Crippen molar-refractivity contribution in [3.8, 4) is 5.75 Å². The van der Waals surface area contributed by atoms with Crippen molar-refractivity contribution in [1.82, 2.24) is 5.32 Å². The summed E-state index contributed by atoms with van der Waals surface area (Å²) in [4.78, 5) is 24.1. The van der Waals surface area contributed by atoms with Gasteiger partial charge in [-0.25, -0.2) is 0 Å². The maximum Gasteiger partial charge on any atom is 0.287 e. The lowest BCUT2D eigenvalue weighted by Crippen LogP contribution is -2.32. The summed E-state index contributed by atoms with van der Waals surface area (Å²) in [5.74, 6) is 0.213. The molecule has 2 aromatic carbocycles. The summed E-state index contributed by atoms with van der Waals surface area (Å²) in [5.41, 5.74) is 0.471. The minimum absolute atomic E-state index is 0.0713. The summed E-state index contributed by atoms with van der Waals surface area (Å²) in [7, 11) is 0. The number of amides is 2. The van der Waals surface area contributed by atoms with Gasteiger partial charge >= 0.3 is 0 Å². The van der Waals surface area contributed by atoms with Gasteiger partial charge in [0.15, 0.2) is 5.76 Å². The summed E-state index contributed by atoms with van der Waals surface area (Å²) in [5, 5.41) is 6.39. The highest BCUT2D eigenvalue weighted by molar-refractivity contribution is 6.42. The van der Waals surface area contributed by atoms with Gasteiger partial charge in [-0.05, 0) is 54.6 Å². The summed E-state index contributed by atoms with van der Waals surface area (Å²) >= 11 is 17.5. The summed E-state index contributed by atoms with van der Waals surface area (Å²) in [6, 6.07) is 14.7. The fourth-order valence-corrected chi connectivity index (χ4v) is 2.71. The van der Waals surface area contributed by atoms with E-state index in [0.717, 1.165) is 0 Å². The zero-order valence-corrected chi connectivity index (χ0v) is 17.1. The lowest BCUT2D eigenvalue weighted by Gasteiger charge is -2.07. The number of furan rings is 1. The number of anilines is 1. The van der Waals surface area contributed by atoms with E-state index in [2.05, 4.69) is 10.6 Å². The van der Waals surface area contributed by atoms with Crippen LogP contribution in [0.5, 0.6) is 5.75 Å². The Morgan fingerprint density at radius 2 is 1.69 bits per heavy atom. The Balaban J connectivity index is 1.47. The number of hydrogen-bond donors (Lipinski definition) is 2. The highest BCUT2D eigenvalue weighted by Crippen LogP contribution is 2.25. The maximum atomic E-state index is 12.1. The number of ether oxygens (including phenoxy) is 1. The number of carbonyl (C=O) groups excluding carboxylic acids is 2. The zero-order valence-electron chi connectivity index (χ0n) is 14.9. The number of benzene rings is 2. The fourth-order valence-electron chi connectivity index (χ4n) is 2.29. The molecule has 0 fully saturated rings. The predicted molar refractivity (Wildman–Crippen MR) is 112 cm³/mol. The molecule has 0 aliphatic heterocycles. The third-order valence-corrected chi connectivity index (χ3v) is 4.68. The summed E-state index contributed by atoms with van der Waals surface area (Å²) in [6.45, 7) is -0.0941. The topological polar surface area (TPSA) is 80.6 Å². The van der Waals surface area contributed by atoms with Crippen molar-refractivity contribution in [2.75, 3.05) is 11.9 Å². The van der Waals surface area contributed by atoms with E-state index in [9.17, 15) is 9.59 Å². The van der Waals surface area contributed by atoms with Crippen LogP contribution in [-0.2, 0) is 11.4 Å². The molecule has 0 saturated heterocycles. The number of carbonyl (C=O) groups is 2. The average Bonchev–Trinajstić information content (AvgIpc) is 3.18. The van der Waals surface area contributed by atoms with Crippen molar-refractivity contribution in [2.24, 2.45) is 0 Å². The lowest BCUT2D eigenvalue weighted by atomic mass is 10.3. The molecule has 0 unspecified atom stereocenters. The molecule has 2 N–H and O–H groups in total. The van der Waals surface area contributed by atoms with Crippen molar-refractivity contribution in [1.29, 1.82) is 0 Å². The molecule has 1 aromatic heterocycles. The van der Waals surface area contributed by atoms with Crippen LogP contribution in [0.1, 0.15) is 16.3 Å². The van der Waals surface area contributed by atoms with E-state index >= 15 is 0 Å². The Morgan fingerprint density at radius 3 is 2.41 bits per heavy atom. The molecule has 0 atom stereocenters.